The lowest BCUT2D eigenvalue weighted by atomic mass is 10.2. The summed E-state index contributed by atoms with van der Waals surface area (Å²) < 4.78 is 0. The normalized spacial score (nSPS) is 13.0. The molecule has 0 aromatic rings. The molecule has 9 N–H and O–H groups in total. The molecule has 0 amide bonds. The maximum absolute atomic E-state index is 10.9. The van der Waals surface area contributed by atoms with Gasteiger partial charge in [0.2, 0.25) is 0 Å². The van der Waals surface area contributed by atoms with Crippen LogP contribution in [0.1, 0.15) is 12.8 Å². The van der Waals surface area contributed by atoms with Gasteiger partial charge in [-0.1, -0.05) is 0 Å². The van der Waals surface area contributed by atoms with Crippen LogP contribution in [0.5, 0.6) is 0 Å². The number of aliphatic carboxylic acids is 4. The van der Waals surface area contributed by atoms with Crippen molar-refractivity contribution in [3.8, 4) is 0 Å². The molecule has 13 heteroatoms. The van der Waals surface area contributed by atoms with Crippen LogP contribution in [0.25, 0.3) is 0 Å². The second-order valence-electron chi connectivity index (χ2n) is 6.14. The number of hydrogen-bond acceptors (Lipinski definition) is 9. The lowest BCUT2D eigenvalue weighted by molar-refractivity contribution is -0.145. The molecule has 0 aromatic heterocycles. The lowest BCUT2D eigenvalue weighted by Gasteiger charge is -2.13. The van der Waals surface area contributed by atoms with E-state index in [4.69, 9.17) is 20.4 Å². The molecule has 0 aliphatic heterocycles. The topological polar surface area (TPSA) is 209 Å². The Hall–Kier alpha value is -2.32. The summed E-state index contributed by atoms with van der Waals surface area (Å²) in [6.07, 6.45) is -0.953. The zero-order valence-corrected chi connectivity index (χ0v) is 16.1. The maximum atomic E-state index is 10.9. The third kappa shape index (κ3) is 16.3. The number of rotatable bonds is 20. The number of carboxylic acids is 4. The van der Waals surface area contributed by atoms with Gasteiger partial charge >= 0.3 is 23.9 Å². The Morgan fingerprint density at radius 2 is 0.793 bits per heavy atom. The Morgan fingerprint density at radius 3 is 1.03 bits per heavy atom. The Balaban J connectivity index is 3.51. The zero-order chi connectivity index (χ0) is 22.1. The van der Waals surface area contributed by atoms with Gasteiger partial charge in [-0.25, -0.2) is 0 Å². The smallest absolute Gasteiger partial charge is 0.321 e. The van der Waals surface area contributed by atoms with E-state index in [1.54, 1.807) is 0 Å². The van der Waals surface area contributed by atoms with Gasteiger partial charge in [0.15, 0.2) is 0 Å². The van der Waals surface area contributed by atoms with Crippen LogP contribution < -0.4 is 26.6 Å². The number of hydrogen-bond donors (Lipinski definition) is 9. The Bertz CT molecular complexity index is 476. The van der Waals surface area contributed by atoms with E-state index in [-0.39, 0.29) is 0 Å². The third-order valence-electron chi connectivity index (χ3n) is 3.70. The van der Waals surface area contributed by atoms with E-state index < -0.39 is 48.8 Å². The van der Waals surface area contributed by atoms with Crippen molar-refractivity contribution in [2.24, 2.45) is 0 Å². The van der Waals surface area contributed by atoms with Crippen LogP contribution in [0.2, 0.25) is 0 Å². The molecule has 29 heavy (non-hydrogen) atoms. The van der Waals surface area contributed by atoms with Crippen molar-refractivity contribution in [3.63, 3.8) is 0 Å². The largest absolute Gasteiger partial charge is 0.481 e. The lowest BCUT2D eigenvalue weighted by Crippen LogP contribution is -2.43. The fraction of sp³-hybridized carbons (Fsp3) is 0.750. The molecule has 0 radical (unpaired) electrons. The summed E-state index contributed by atoms with van der Waals surface area (Å²) in [5.74, 6) is -4.74. The van der Waals surface area contributed by atoms with E-state index in [0.717, 1.165) is 0 Å². The van der Waals surface area contributed by atoms with E-state index in [2.05, 4.69) is 26.6 Å². The van der Waals surface area contributed by atoms with E-state index in [1.807, 2.05) is 0 Å². The molecule has 0 spiro atoms. The SMILES string of the molecule is O=C(O)CC(NCCNCCNCCNCCNC(CC(=O)O)C(=O)O)C(=O)O. The van der Waals surface area contributed by atoms with Gasteiger partial charge in [0, 0.05) is 52.4 Å². The molecule has 0 saturated carbocycles. The first-order valence-corrected chi connectivity index (χ1v) is 9.22. The molecule has 0 bridgehead atoms. The first kappa shape index (κ1) is 26.7. The van der Waals surface area contributed by atoms with Crippen LogP contribution >= 0.6 is 0 Å². The van der Waals surface area contributed by atoms with E-state index in [1.165, 1.54) is 0 Å². The van der Waals surface area contributed by atoms with E-state index >= 15 is 0 Å². The van der Waals surface area contributed by atoms with Gasteiger partial charge in [0.25, 0.3) is 0 Å². The van der Waals surface area contributed by atoms with Gasteiger partial charge in [-0.3, -0.25) is 19.2 Å². The second-order valence-corrected chi connectivity index (χ2v) is 6.14. The third-order valence-corrected chi connectivity index (χ3v) is 3.70. The van der Waals surface area contributed by atoms with Crippen molar-refractivity contribution in [1.29, 1.82) is 0 Å². The van der Waals surface area contributed by atoms with Gasteiger partial charge in [0.05, 0.1) is 12.8 Å². The average Bonchev–Trinajstić information content (AvgIpc) is 2.62. The first-order valence-electron chi connectivity index (χ1n) is 9.22. The minimum absolute atomic E-state index is 0.331. The number of nitrogens with one attached hydrogen (secondary N) is 5. The molecule has 13 nitrogen and oxygen atoms in total. The Labute approximate surface area is 168 Å². The highest BCUT2D eigenvalue weighted by molar-refractivity contribution is 5.81. The standard InChI is InChI=1S/C16H31N5O8/c22-13(23)9-11(15(26)27)20-7-5-18-3-1-17-2-4-19-6-8-21-12(16(28)29)10-14(24)25/h11-12,17-21H,1-10H2,(H,22,23)(H,24,25)(H,26,27)(H,28,29). The molecular formula is C16H31N5O8. The quantitative estimate of drug-likeness (QED) is 0.0887. The number of carboxylic acid groups (broad SMARTS) is 4. The number of carbonyl (C=O) groups is 4. The molecule has 2 atom stereocenters. The van der Waals surface area contributed by atoms with Gasteiger partial charge in [-0.2, -0.15) is 0 Å². The second kappa shape index (κ2) is 16.6. The molecule has 0 aliphatic carbocycles. The molecule has 0 heterocycles. The molecule has 168 valence electrons. The highest BCUT2D eigenvalue weighted by Gasteiger charge is 2.20. The first-order chi connectivity index (χ1) is 13.7. The predicted octanol–water partition coefficient (Wildman–Crippen LogP) is -3.21. The molecule has 0 aliphatic rings. The van der Waals surface area contributed by atoms with Crippen LogP contribution in [-0.2, 0) is 19.2 Å². The summed E-state index contributed by atoms with van der Waals surface area (Å²) in [6.45, 7) is 4.31. The molecule has 0 aromatic carbocycles. The Kier molecular flexibility index (Phi) is 15.3. The van der Waals surface area contributed by atoms with Crippen LogP contribution in [0.3, 0.4) is 0 Å². The average molecular weight is 421 g/mol. The van der Waals surface area contributed by atoms with E-state index in [0.29, 0.717) is 52.4 Å². The van der Waals surface area contributed by atoms with Crippen LogP contribution in [-0.4, -0.2) is 109 Å². The van der Waals surface area contributed by atoms with Crippen molar-refractivity contribution in [2.45, 2.75) is 24.9 Å². The predicted molar refractivity (Wildman–Crippen MR) is 102 cm³/mol. The van der Waals surface area contributed by atoms with E-state index in [9.17, 15) is 19.2 Å². The highest BCUT2D eigenvalue weighted by atomic mass is 16.4. The van der Waals surface area contributed by atoms with Crippen molar-refractivity contribution < 1.29 is 39.6 Å². The van der Waals surface area contributed by atoms with Gasteiger partial charge in [-0.15, -0.1) is 0 Å². The summed E-state index contributed by atoms with van der Waals surface area (Å²) in [7, 11) is 0. The highest BCUT2D eigenvalue weighted by Crippen LogP contribution is 1.92. The zero-order valence-electron chi connectivity index (χ0n) is 16.1. The van der Waals surface area contributed by atoms with Gasteiger partial charge in [-0.05, 0) is 0 Å². The van der Waals surface area contributed by atoms with Crippen molar-refractivity contribution >= 4 is 23.9 Å². The van der Waals surface area contributed by atoms with Crippen molar-refractivity contribution in [2.75, 3.05) is 52.4 Å². The maximum Gasteiger partial charge on any atom is 0.321 e. The summed E-state index contributed by atoms with van der Waals surface area (Å²) in [6, 6.07) is -2.22. The van der Waals surface area contributed by atoms with Gasteiger partial charge in [0.1, 0.15) is 12.1 Å². The summed E-state index contributed by atoms with van der Waals surface area (Å²) in [5, 5.41) is 49.6. The van der Waals surface area contributed by atoms with Crippen LogP contribution in [0.15, 0.2) is 0 Å². The van der Waals surface area contributed by atoms with Crippen molar-refractivity contribution in [1.82, 2.24) is 26.6 Å². The fourth-order valence-electron chi connectivity index (χ4n) is 2.24. The minimum Gasteiger partial charge on any atom is -0.481 e. The molecule has 0 fully saturated rings. The van der Waals surface area contributed by atoms with Crippen LogP contribution in [0, 0.1) is 0 Å². The Morgan fingerprint density at radius 1 is 0.517 bits per heavy atom. The summed E-state index contributed by atoms with van der Waals surface area (Å²) in [5.41, 5.74) is 0. The summed E-state index contributed by atoms with van der Waals surface area (Å²) in [4.78, 5) is 42.8. The monoisotopic (exact) mass is 421 g/mol. The molecule has 0 saturated heterocycles. The fourth-order valence-corrected chi connectivity index (χ4v) is 2.24. The van der Waals surface area contributed by atoms with Crippen LogP contribution in [0.4, 0.5) is 0 Å². The van der Waals surface area contributed by atoms with Gasteiger partial charge < -0.3 is 47.0 Å². The summed E-state index contributed by atoms with van der Waals surface area (Å²) >= 11 is 0. The molecule has 2 unspecified atom stereocenters. The molecular weight excluding hydrogens is 390 g/mol. The molecule has 0 rings (SSSR count). The minimum atomic E-state index is -1.20. The van der Waals surface area contributed by atoms with Crippen molar-refractivity contribution in [3.05, 3.63) is 0 Å².